The summed E-state index contributed by atoms with van der Waals surface area (Å²) in [5.74, 6) is -1.53. The molecule has 1 unspecified atom stereocenters. The Kier molecular flexibility index (Phi) is 3.10. The van der Waals surface area contributed by atoms with E-state index >= 15 is 0 Å². The quantitative estimate of drug-likeness (QED) is 0.865. The molecule has 6 heteroatoms. The zero-order valence-corrected chi connectivity index (χ0v) is 10.5. The van der Waals surface area contributed by atoms with Gasteiger partial charge in [0.15, 0.2) is 0 Å². The van der Waals surface area contributed by atoms with E-state index in [2.05, 4.69) is 15.2 Å². The number of likely N-dealkylation sites (tertiary alicyclic amines) is 1. The largest absolute Gasteiger partial charge is 0.478 e. The predicted octanol–water partition coefficient (Wildman–Crippen LogP) is 1.57. The third kappa shape index (κ3) is 2.68. The number of hydrogen-bond donors (Lipinski definition) is 2. The molecule has 19 heavy (non-hydrogen) atoms. The van der Waals surface area contributed by atoms with Gasteiger partial charge in [-0.1, -0.05) is 0 Å². The molecule has 0 radical (unpaired) electrons. The Labute approximate surface area is 110 Å². The van der Waals surface area contributed by atoms with E-state index in [0.29, 0.717) is 6.04 Å². The topological polar surface area (TPSA) is 65.5 Å². The van der Waals surface area contributed by atoms with E-state index in [-0.39, 0.29) is 17.4 Å². The molecule has 2 heterocycles. The van der Waals surface area contributed by atoms with Crippen LogP contribution in [0.5, 0.6) is 0 Å². The van der Waals surface area contributed by atoms with Gasteiger partial charge in [-0.15, -0.1) is 0 Å². The number of carboxylic acids is 1. The van der Waals surface area contributed by atoms with E-state index in [9.17, 15) is 9.18 Å². The lowest BCUT2D eigenvalue weighted by atomic mass is 10.2. The first-order valence-electron chi connectivity index (χ1n) is 6.53. The number of aromatic nitrogens is 1. The Balaban J connectivity index is 1.71. The van der Waals surface area contributed by atoms with Crippen molar-refractivity contribution in [3.63, 3.8) is 0 Å². The molecule has 5 nitrogen and oxygen atoms in total. The summed E-state index contributed by atoms with van der Waals surface area (Å²) in [7, 11) is 0. The van der Waals surface area contributed by atoms with Gasteiger partial charge in [-0.05, 0) is 25.3 Å². The van der Waals surface area contributed by atoms with Crippen molar-refractivity contribution in [1.29, 1.82) is 0 Å². The fourth-order valence-corrected chi connectivity index (χ4v) is 2.59. The minimum atomic E-state index is -1.16. The monoisotopic (exact) mass is 265 g/mol. The van der Waals surface area contributed by atoms with Crippen LogP contribution < -0.4 is 5.32 Å². The summed E-state index contributed by atoms with van der Waals surface area (Å²) in [6, 6.07) is 1.91. The van der Waals surface area contributed by atoms with Crippen molar-refractivity contribution in [1.82, 2.24) is 9.88 Å². The maximum Gasteiger partial charge on any atom is 0.339 e. The molecular formula is C13H16FN3O2. The zero-order chi connectivity index (χ0) is 13.4. The average molecular weight is 265 g/mol. The Morgan fingerprint density at radius 2 is 2.26 bits per heavy atom. The molecule has 0 spiro atoms. The zero-order valence-electron chi connectivity index (χ0n) is 10.5. The molecule has 0 aromatic carbocycles. The van der Waals surface area contributed by atoms with Gasteiger partial charge in [0, 0.05) is 25.2 Å². The van der Waals surface area contributed by atoms with Gasteiger partial charge < -0.3 is 10.4 Å². The van der Waals surface area contributed by atoms with Crippen LogP contribution in [0.2, 0.25) is 0 Å². The second-order valence-electron chi connectivity index (χ2n) is 5.21. The highest BCUT2D eigenvalue weighted by Crippen LogP contribution is 2.30. The molecule has 2 aliphatic rings. The van der Waals surface area contributed by atoms with Crippen LogP contribution in [0.25, 0.3) is 0 Å². The maximum absolute atomic E-state index is 13.0. The number of carboxylic acid groups (broad SMARTS) is 1. The molecule has 1 saturated carbocycles. The number of rotatable bonds is 4. The average Bonchev–Trinajstić information content (AvgIpc) is 3.12. The van der Waals surface area contributed by atoms with Gasteiger partial charge in [-0.2, -0.15) is 0 Å². The molecular weight excluding hydrogens is 249 g/mol. The second kappa shape index (κ2) is 4.77. The summed E-state index contributed by atoms with van der Waals surface area (Å²) in [4.78, 5) is 17.4. The molecule has 2 N–H and O–H groups in total. The first-order chi connectivity index (χ1) is 9.13. The highest BCUT2D eigenvalue weighted by molar-refractivity contribution is 5.93. The minimum Gasteiger partial charge on any atom is -0.478 e. The van der Waals surface area contributed by atoms with Crippen molar-refractivity contribution >= 4 is 11.8 Å². The first kappa shape index (κ1) is 12.3. The third-order valence-electron chi connectivity index (χ3n) is 3.71. The van der Waals surface area contributed by atoms with Gasteiger partial charge in [0.2, 0.25) is 0 Å². The van der Waals surface area contributed by atoms with Crippen LogP contribution in [0.1, 0.15) is 29.6 Å². The van der Waals surface area contributed by atoms with E-state index in [0.717, 1.165) is 31.8 Å². The number of aromatic carboxylic acids is 1. The number of anilines is 1. The molecule has 2 fully saturated rings. The van der Waals surface area contributed by atoms with Gasteiger partial charge in [0.1, 0.15) is 17.2 Å². The van der Waals surface area contributed by atoms with Crippen molar-refractivity contribution in [3.8, 4) is 0 Å². The second-order valence-corrected chi connectivity index (χ2v) is 5.21. The van der Waals surface area contributed by atoms with Crippen molar-refractivity contribution in [3.05, 3.63) is 23.6 Å². The molecule has 1 atom stereocenters. The molecule has 1 saturated heterocycles. The Morgan fingerprint density at radius 3 is 2.95 bits per heavy atom. The predicted molar refractivity (Wildman–Crippen MR) is 67.8 cm³/mol. The summed E-state index contributed by atoms with van der Waals surface area (Å²) in [6.45, 7) is 1.94. The molecule has 3 rings (SSSR count). The number of halogens is 1. The van der Waals surface area contributed by atoms with E-state index in [1.165, 1.54) is 12.8 Å². The summed E-state index contributed by atoms with van der Waals surface area (Å²) >= 11 is 0. The lowest BCUT2D eigenvalue weighted by molar-refractivity contribution is 0.0697. The summed E-state index contributed by atoms with van der Waals surface area (Å²) < 4.78 is 13.0. The maximum atomic E-state index is 13.0. The SMILES string of the molecule is O=C(O)c1cc(F)cnc1NC1CCN(C2CC2)C1. The number of pyridine rings is 1. The fourth-order valence-electron chi connectivity index (χ4n) is 2.59. The Hall–Kier alpha value is -1.69. The minimum absolute atomic E-state index is 0.107. The number of nitrogens with one attached hydrogen (secondary N) is 1. The summed E-state index contributed by atoms with van der Waals surface area (Å²) in [6.07, 6.45) is 4.54. The molecule has 102 valence electrons. The van der Waals surface area contributed by atoms with E-state index in [4.69, 9.17) is 5.11 Å². The van der Waals surface area contributed by atoms with Gasteiger partial charge in [-0.3, -0.25) is 4.90 Å². The van der Waals surface area contributed by atoms with Crippen LogP contribution in [-0.4, -0.2) is 46.1 Å². The lowest BCUT2D eigenvalue weighted by Gasteiger charge is -2.17. The van der Waals surface area contributed by atoms with Crippen molar-refractivity contribution in [2.45, 2.75) is 31.3 Å². The van der Waals surface area contributed by atoms with Gasteiger partial charge in [0.25, 0.3) is 0 Å². The molecule has 1 aromatic heterocycles. The Bertz CT molecular complexity index is 505. The Morgan fingerprint density at radius 1 is 1.47 bits per heavy atom. The van der Waals surface area contributed by atoms with Crippen LogP contribution in [0.3, 0.4) is 0 Å². The van der Waals surface area contributed by atoms with Crippen LogP contribution >= 0.6 is 0 Å². The van der Waals surface area contributed by atoms with E-state index in [1.807, 2.05) is 0 Å². The third-order valence-corrected chi connectivity index (χ3v) is 3.71. The molecule has 0 bridgehead atoms. The van der Waals surface area contributed by atoms with E-state index < -0.39 is 11.8 Å². The van der Waals surface area contributed by atoms with Gasteiger partial charge >= 0.3 is 5.97 Å². The standard InChI is InChI=1S/C13H16FN3O2/c14-8-5-11(13(18)19)12(15-6-8)16-9-3-4-17(7-9)10-1-2-10/h5-6,9-10H,1-4,7H2,(H,15,16)(H,18,19). The normalized spacial score (nSPS) is 23.5. The fraction of sp³-hybridized carbons (Fsp3) is 0.538. The highest BCUT2D eigenvalue weighted by Gasteiger charge is 2.34. The molecule has 1 aliphatic heterocycles. The molecule has 1 aromatic rings. The van der Waals surface area contributed by atoms with Crippen LogP contribution in [-0.2, 0) is 0 Å². The number of hydrogen-bond acceptors (Lipinski definition) is 4. The van der Waals surface area contributed by atoms with Gasteiger partial charge in [0.05, 0.1) is 6.20 Å². The lowest BCUT2D eigenvalue weighted by Crippen LogP contribution is -2.28. The summed E-state index contributed by atoms with van der Waals surface area (Å²) in [5, 5.41) is 12.2. The first-order valence-corrected chi connectivity index (χ1v) is 6.53. The van der Waals surface area contributed by atoms with Gasteiger partial charge in [-0.25, -0.2) is 14.2 Å². The molecule has 1 aliphatic carbocycles. The number of nitrogens with zero attached hydrogens (tertiary/aromatic N) is 2. The van der Waals surface area contributed by atoms with Crippen LogP contribution in [0.4, 0.5) is 10.2 Å². The van der Waals surface area contributed by atoms with Crippen molar-refractivity contribution < 1.29 is 14.3 Å². The summed E-state index contributed by atoms with van der Waals surface area (Å²) in [5.41, 5.74) is -0.107. The van der Waals surface area contributed by atoms with Crippen molar-refractivity contribution in [2.75, 3.05) is 18.4 Å². The highest BCUT2D eigenvalue weighted by atomic mass is 19.1. The molecule has 0 amide bonds. The van der Waals surface area contributed by atoms with Crippen molar-refractivity contribution in [2.24, 2.45) is 0 Å². The smallest absolute Gasteiger partial charge is 0.339 e. The van der Waals surface area contributed by atoms with Crippen LogP contribution in [0.15, 0.2) is 12.3 Å². The van der Waals surface area contributed by atoms with E-state index in [1.54, 1.807) is 0 Å². The van der Waals surface area contributed by atoms with Crippen LogP contribution in [0, 0.1) is 5.82 Å². The number of carbonyl (C=O) groups is 1.